The summed E-state index contributed by atoms with van der Waals surface area (Å²) in [5.41, 5.74) is 0.365. The Morgan fingerprint density at radius 2 is 1.90 bits per heavy atom. The maximum atomic E-state index is 12.9. The number of hydrogen-bond acceptors (Lipinski definition) is 5. The van der Waals surface area contributed by atoms with E-state index in [1.165, 1.54) is 25.7 Å². The number of amides is 2. The molecule has 172 valence electrons. The molecule has 31 heavy (non-hydrogen) atoms. The normalized spacial score (nSPS) is 23.3. The molecule has 2 amide bonds. The van der Waals surface area contributed by atoms with Crippen molar-refractivity contribution in [2.24, 2.45) is 17.8 Å². The van der Waals surface area contributed by atoms with E-state index in [0.29, 0.717) is 12.3 Å². The molecule has 0 spiro atoms. The third-order valence-electron chi connectivity index (χ3n) is 6.13. The number of benzene rings is 1. The van der Waals surface area contributed by atoms with E-state index >= 15 is 0 Å². The van der Waals surface area contributed by atoms with E-state index in [9.17, 15) is 9.59 Å². The fourth-order valence-corrected chi connectivity index (χ4v) is 5.92. The Bertz CT molecular complexity index is 747. The molecule has 1 aromatic rings. The number of nitrogens with one attached hydrogen (secondary N) is 2. The molecule has 2 saturated carbocycles. The summed E-state index contributed by atoms with van der Waals surface area (Å²) in [6.45, 7) is 5.84. The van der Waals surface area contributed by atoms with Crippen LogP contribution in [0.4, 0.5) is 4.79 Å². The predicted molar refractivity (Wildman–Crippen MR) is 124 cm³/mol. The largest absolute Gasteiger partial charge is 0.497 e. The summed E-state index contributed by atoms with van der Waals surface area (Å²) in [4.78, 5) is 25.2. The van der Waals surface area contributed by atoms with Crippen molar-refractivity contribution in [1.29, 1.82) is 0 Å². The molecule has 3 rings (SSSR count). The SMILES string of the molecule is COc1ccc(CNC(=O)[C@H](CSCC2CC3CCC2C3)NC(=O)OC(C)(C)C)cc1. The summed E-state index contributed by atoms with van der Waals surface area (Å²) in [6.07, 6.45) is 4.90. The van der Waals surface area contributed by atoms with Gasteiger partial charge in [0.2, 0.25) is 5.91 Å². The van der Waals surface area contributed by atoms with Crippen LogP contribution in [0.5, 0.6) is 5.75 Å². The molecule has 7 heteroatoms. The number of hydrogen-bond donors (Lipinski definition) is 2. The first-order chi connectivity index (χ1) is 14.7. The van der Waals surface area contributed by atoms with Crippen molar-refractivity contribution in [2.75, 3.05) is 18.6 Å². The minimum absolute atomic E-state index is 0.192. The van der Waals surface area contributed by atoms with Gasteiger partial charge in [0.1, 0.15) is 17.4 Å². The fourth-order valence-electron chi connectivity index (χ4n) is 4.61. The number of ether oxygens (including phenoxy) is 2. The van der Waals surface area contributed by atoms with Gasteiger partial charge in [-0.05, 0) is 81.2 Å². The third kappa shape index (κ3) is 7.34. The molecule has 6 nitrogen and oxygen atoms in total. The lowest BCUT2D eigenvalue weighted by atomic mass is 9.90. The lowest BCUT2D eigenvalue weighted by Crippen LogP contribution is -2.49. The van der Waals surface area contributed by atoms with Crippen molar-refractivity contribution in [2.45, 2.75) is 64.6 Å². The molecule has 2 N–H and O–H groups in total. The van der Waals surface area contributed by atoms with Crippen LogP contribution >= 0.6 is 11.8 Å². The van der Waals surface area contributed by atoms with E-state index in [1.807, 2.05) is 45.0 Å². The van der Waals surface area contributed by atoms with Gasteiger partial charge in [0, 0.05) is 12.3 Å². The number of rotatable bonds is 9. The summed E-state index contributed by atoms with van der Waals surface area (Å²) in [5.74, 6) is 4.71. The van der Waals surface area contributed by atoms with Gasteiger partial charge in [-0.15, -0.1) is 0 Å². The molecule has 2 aliphatic carbocycles. The first kappa shape index (κ1) is 23.8. The molecule has 0 aromatic heterocycles. The van der Waals surface area contributed by atoms with Crippen LogP contribution in [-0.2, 0) is 16.1 Å². The van der Waals surface area contributed by atoms with Crippen LogP contribution in [0.3, 0.4) is 0 Å². The fraction of sp³-hybridized carbons (Fsp3) is 0.667. The molecule has 1 aromatic carbocycles. The summed E-state index contributed by atoms with van der Waals surface area (Å²) in [5, 5.41) is 5.72. The highest BCUT2D eigenvalue weighted by Crippen LogP contribution is 2.49. The third-order valence-corrected chi connectivity index (χ3v) is 7.37. The van der Waals surface area contributed by atoms with Crippen molar-refractivity contribution in [3.8, 4) is 5.75 Å². The second-order valence-electron chi connectivity index (χ2n) is 9.74. The molecule has 3 unspecified atom stereocenters. The van der Waals surface area contributed by atoms with E-state index in [1.54, 1.807) is 18.9 Å². The highest BCUT2D eigenvalue weighted by atomic mass is 32.2. The monoisotopic (exact) mass is 448 g/mol. The van der Waals surface area contributed by atoms with Crippen molar-refractivity contribution in [1.82, 2.24) is 10.6 Å². The van der Waals surface area contributed by atoms with Crippen molar-refractivity contribution in [3.63, 3.8) is 0 Å². The Hall–Kier alpha value is -1.89. The molecule has 0 saturated heterocycles. The van der Waals surface area contributed by atoms with Gasteiger partial charge in [-0.2, -0.15) is 11.8 Å². The first-order valence-corrected chi connectivity index (χ1v) is 12.4. The quantitative estimate of drug-likeness (QED) is 0.586. The summed E-state index contributed by atoms with van der Waals surface area (Å²) in [6, 6.07) is 6.93. The lowest BCUT2D eigenvalue weighted by molar-refractivity contribution is -0.122. The smallest absolute Gasteiger partial charge is 0.408 e. The predicted octanol–water partition coefficient (Wildman–Crippen LogP) is 4.37. The highest BCUT2D eigenvalue weighted by Gasteiger charge is 2.39. The van der Waals surface area contributed by atoms with E-state index in [4.69, 9.17) is 9.47 Å². The van der Waals surface area contributed by atoms with Crippen LogP contribution in [0.1, 0.15) is 52.0 Å². The Balaban J connectivity index is 1.52. The summed E-state index contributed by atoms with van der Waals surface area (Å²) < 4.78 is 10.5. The van der Waals surface area contributed by atoms with Crippen LogP contribution in [0.25, 0.3) is 0 Å². The lowest BCUT2D eigenvalue weighted by Gasteiger charge is -2.25. The van der Waals surface area contributed by atoms with Gasteiger partial charge in [0.15, 0.2) is 0 Å². The van der Waals surface area contributed by atoms with E-state index in [2.05, 4.69) is 10.6 Å². The maximum absolute atomic E-state index is 12.9. The average Bonchev–Trinajstić information content (AvgIpc) is 3.33. The summed E-state index contributed by atoms with van der Waals surface area (Å²) in [7, 11) is 1.62. The Kier molecular flexibility index (Phi) is 8.14. The second-order valence-corrected chi connectivity index (χ2v) is 10.8. The number of thioether (sulfide) groups is 1. The van der Waals surface area contributed by atoms with Crippen LogP contribution in [0.15, 0.2) is 24.3 Å². The molecule has 2 bridgehead atoms. The van der Waals surface area contributed by atoms with Gasteiger partial charge in [0.05, 0.1) is 7.11 Å². The number of fused-ring (bicyclic) bond motifs is 2. The number of carbonyl (C=O) groups excluding carboxylic acids is 2. The molecular formula is C24H36N2O4S. The topological polar surface area (TPSA) is 76.7 Å². The van der Waals surface area contributed by atoms with Gasteiger partial charge >= 0.3 is 6.09 Å². The average molecular weight is 449 g/mol. The molecule has 4 atom stereocenters. The zero-order chi connectivity index (χ0) is 22.4. The van der Waals surface area contributed by atoms with Gasteiger partial charge in [-0.1, -0.05) is 18.6 Å². The van der Waals surface area contributed by atoms with E-state index < -0.39 is 17.7 Å². The van der Waals surface area contributed by atoms with E-state index in [0.717, 1.165) is 34.8 Å². The van der Waals surface area contributed by atoms with Crippen LogP contribution in [0, 0.1) is 17.8 Å². The minimum atomic E-state index is -0.628. The van der Waals surface area contributed by atoms with Gasteiger partial charge in [-0.3, -0.25) is 4.79 Å². The standard InChI is InChI=1S/C24H36N2O4S/c1-24(2,3)30-23(28)26-21(15-31-14-19-12-17-5-8-18(19)11-17)22(27)25-13-16-6-9-20(29-4)10-7-16/h6-7,9-10,17-19,21H,5,8,11-15H2,1-4H3,(H,25,27)(H,26,28)/t17?,18?,19?,21-/m0/s1. The van der Waals surface area contributed by atoms with Crippen molar-refractivity contribution >= 4 is 23.8 Å². The maximum Gasteiger partial charge on any atom is 0.408 e. The molecular weight excluding hydrogens is 412 g/mol. The van der Waals surface area contributed by atoms with Gasteiger partial charge < -0.3 is 20.1 Å². The Labute approximate surface area is 190 Å². The van der Waals surface area contributed by atoms with Crippen LogP contribution in [-0.4, -0.2) is 42.3 Å². The Morgan fingerprint density at radius 3 is 2.48 bits per heavy atom. The number of carbonyl (C=O) groups is 2. The van der Waals surface area contributed by atoms with E-state index in [-0.39, 0.29) is 5.91 Å². The van der Waals surface area contributed by atoms with Crippen molar-refractivity contribution in [3.05, 3.63) is 29.8 Å². The van der Waals surface area contributed by atoms with Gasteiger partial charge in [-0.25, -0.2) is 4.79 Å². The second kappa shape index (κ2) is 10.6. The molecule has 2 aliphatic rings. The van der Waals surface area contributed by atoms with Crippen LogP contribution in [0.2, 0.25) is 0 Å². The van der Waals surface area contributed by atoms with Gasteiger partial charge in [0.25, 0.3) is 0 Å². The molecule has 0 aliphatic heterocycles. The first-order valence-electron chi connectivity index (χ1n) is 11.2. The number of alkyl carbamates (subject to hydrolysis) is 1. The molecule has 0 radical (unpaired) electrons. The van der Waals surface area contributed by atoms with Crippen molar-refractivity contribution < 1.29 is 19.1 Å². The molecule has 0 heterocycles. The minimum Gasteiger partial charge on any atom is -0.497 e. The highest BCUT2D eigenvalue weighted by molar-refractivity contribution is 7.99. The van der Waals surface area contributed by atoms with Crippen LogP contribution < -0.4 is 15.4 Å². The molecule has 2 fully saturated rings. The summed E-state index contributed by atoms with van der Waals surface area (Å²) >= 11 is 1.77. The Morgan fingerprint density at radius 1 is 1.16 bits per heavy atom. The zero-order valence-electron chi connectivity index (χ0n) is 19.1. The zero-order valence-corrected chi connectivity index (χ0v) is 19.9. The number of methoxy groups -OCH3 is 1.